The molecule has 1 fully saturated rings. The molecule has 1 aliphatic heterocycles. The van der Waals surface area contributed by atoms with Crippen LogP contribution in [0.25, 0.3) is 0 Å². The van der Waals surface area contributed by atoms with Crippen molar-refractivity contribution in [2.24, 2.45) is 5.92 Å². The Morgan fingerprint density at radius 1 is 1.29 bits per heavy atom. The van der Waals surface area contributed by atoms with Crippen LogP contribution >= 0.6 is 0 Å². The molecule has 0 spiro atoms. The summed E-state index contributed by atoms with van der Waals surface area (Å²) in [5.41, 5.74) is 1.12. The van der Waals surface area contributed by atoms with Crippen molar-refractivity contribution in [1.82, 2.24) is 4.90 Å². The molecule has 1 atom stereocenters. The lowest BCUT2D eigenvalue weighted by atomic mass is 9.92. The molecule has 2 rings (SSSR count). The smallest absolute Gasteiger partial charge is 0.375 e. The Balaban J connectivity index is 2.00. The molecule has 0 radical (unpaired) electrons. The van der Waals surface area contributed by atoms with E-state index in [1.807, 2.05) is 35.2 Å². The van der Waals surface area contributed by atoms with Crippen molar-refractivity contribution >= 4 is 17.5 Å². The van der Waals surface area contributed by atoms with E-state index in [1.54, 1.807) is 6.92 Å². The third-order valence-corrected chi connectivity index (χ3v) is 3.55. The maximum atomic E-state index is 12.0. The Morgan fingerprint density at radius 3 is 2.67 bits per heavy atom. The Bertz CT molecular complexity index is 526. The highest BCUT2D eigenvalue weighted by Gasteiger charge is 2.36. The van der Waals surface area contributed by atoms with Crippen LogP contribution in [0.3, 0.4) is 0 Å². The highest BCUT2D eigenvalue weighted by molar-refractivity contribution is 6.38. The molecule has 0 saturated carbocycles. The Morgan fingerprint density at radius 2 is 2.00 bits per heavy atom. The summed E-state index contributed by atoms with van der Waals surface area (Å²) in [5, 5.41) is 0. The number of rotatable bonds is 5. The van der Waals surface area contributed by atoms with Crippen LogP contribution in [0.15, 0.2) is 30.3 Å². The molecule has 1 aromatic rings. The van der Waals surface area contributed by atoms with Crippen LogP contribution in [0.4, 0.5) is 0 Å². The number of hydrogen-bond acceptors (Lipinski definition) is 5. The fourth-order valence-electron chi connectivity index (χ4n) is 2.45. The molecule has 1 heterocycles. The molecule has 112 valence electrons. The summed E-state index contributed by atoms with van der Waals surface area (Å²) in [5.74, 6) is -2.68. The lowest BCUT2D eigenvalue weighted by Crippen LogP contribution is -2.46. The standard InChI is InChI=1S/C16H19NO4/c1-2-21-16(20)15(19)13-11-17(9-8-14(13)18)10-12-6-4-3-5-7-12/h3-7,13H,2,8-11H2,1H3. The molecule has 1 saturated heterocycles. The van der Waals surface area contributed by atoms with Crippen LogP contribution in [-0.4, -0.2) is 42.1 Å². The van der Waals surface area contributed by atoms with E-state index in [1.165, 1.54) is 0 Å². The van der Waals surface area contributed by atoms with Gasteiger partial charge in [-0.15, -0.1) is 0 Å². The summed E-state index contributed by atoms with van der Waals surface area (Å²) in [6.07, 6.45) is 0.294. The summed E-state index contributed by atoms with van der Waals surface area (Å²) in [6.45, 7) is 3.33. The minimum absolute atomic E-state index is 0.138. The van der Waals surface area contributed by atoms with Crippen LogP contribution < -0.4 is 0 Å². The molecule has 1 aliphatic rings. The fourth-order valence-corrected chi connectivity index (χ4v) is 2.45. The van der Waals surface area contributed by atoms with Crippen LogP contribution in [0.5, 0.6) is 0 Å². The van der Waals surface area contributed by atoms with Gasteiger partial charge in [0, 0.05) is 26.1 Å². The highest BCUT2D eigenvalue weighted by atomic mass is 16.5. The monoisotopic (exact) mass is 289 g/mol. The Labute approximate surface area is 123 Å². The fraction of sp³-hybridized carbons (Fsp3) is 0.438. The normalized spacial score (nSPS) is 19.3. The number of esters is 1. The van der Waals surface area contributed by atoms with E-state index in [2.05, 4.69) is 0 Å². The van der Waals surface area contributed by atoms with Crippen molar-refractivity contribution < 1.29 is 19.1 Å². The maximum absolute atomic E-state index is 12.0. The average Bonchev–Trinajstić information content (AvgIpc) is 2.50. The van der Waals surface area contributed by atoms with Gasteiger partial charge in [-0.05, 0) is 12.5 Å². The molecular formula is C16H19NO4. The summed E-state index contributed by atoms with van der Waals surface area (Å²) in [4.78, 5) is 37.4. The number of carbonyl (C=O) groups is 3. The SMILES string of the molecule is CCOC(=O)C(=O)C1CN(Cc2ccccc2)CCC1=O. The van der Waals surface area contributed by atoms with Gasteiger partial charge in [-0.1, -0.05) is 30.3 Å². The van der Waals surface area contributed by atoms with Crippen LogP contribution in [-0.2, 0) is 25.7 Å². The van der Waals surface area contributed by atoms with Gasteiger partial charge in [0.1, 0.15) is 11.7 Å². The van der Waals surface area contributed by atoms with E-state index in [9.17, 15) is 14.4 Å². The molecule has 0 aromatic heterocycles. The molecule has 0 bridgehead atoms. The largest absolute Gasteiger partial charge is 0.460 e. The van der Waals surface area contributed by atoms with E-state index in [-0.39, 0.29) is 18.9 Å². The highest BCUT2D eigenvalue weighted by Crippen LogP contribution is 2.17. The predicted molar refractivity (Wildman–Crippen MR) is 76.5 cm³/mol. The first-order valence-electron chi connectivity index (χ1n) is 7.11. The van der Waals surface area contributed by atoms with Gasteiger partial charge in [0.15, 0.2) is 0 Å². The first-order chi connectivity index (χ1) is 10.1. The van der Waals surface area contributed by atoms with Gasteiger partial charge >= 0.3 is 5.97 Å². The van der Waals surface area contributed by atoms with E-state index in [0.29, 0.717) is 19.5 Å². The number of likely N-dealkylation sites (tertiary alicyclic amines) is 1. The van der Waals surface area contributed by atoms with Crippen molar-refractivity contribution in [3.63, 3.8) is 0 Å². The van der Waals surface area contributed by atoms with Crippen LogP contribution in [0.1, 0.15) is 18.9 Å². The predicted octanol–water partition coefficient (Wildman–Crippen LogP) is 1.21. The second kappa shape index (κ2) is 7.13. The molecule has 5 heteroatoms. The van der Waals surface area contributed by atoms with E-state index in [4.69, 9.17) is 4.74 Å². The van der Waals surface area contributed by atoms with Gasteiger partial charge in [-0.3, -0.25) is 14.5 Å². The number of carbonyl (C=O) groups excluding carboxylic acids is 3. The number of nitrogens with zero attached hydrogens (tertiary/aromatic N) is 1. The number of piperidine rings is 1. The van der Waals surface area contributed by atoms with E-state index in [0.717, 1.165) is 5.56 Å². The van der Waals surface area contributed by atoms with Crippen molar-refractivity contribution in [3.8, 4) is 0 Å². The number of ether oxygens (including phenoxy) is 1. The maximum Gasteiger partial charge on any atom is 0.375 e. The summed E-state index contributed by atoms with van der Waals surface area (Å²) < 4.78 is 4.70. The van der Waals surface area contributed by atoms with Gasteiger partial charge in [0.05, 0.1) is 6.61 Å². The number of Topliss-reactive ketones (excluding diaryl/α,β-unsaturated/α-hetero) is 2. The minimum Gasteiger partial charge on any atom is -0.460 e. The summed E-state index contributed by atoms with van der Waals surface area (Å²) in [7, 11) is 0. The topological polar surface area (TPSA) is 63.7 Å². The Hall–Kier alpha value is -2.01. The van der Waals surface area contributed by atoms with Gasteiger partial charge in [0.2, 0.25) is 0 Å². The summed E-state index contributed by atoms with van der Waals surface area (Å²) in [6, 6.07) is 9.84. The zero-order chi connectivity index (χ0) is 15.2. The van der Waals surface area contributed by atoms with Gasteiger partial charge in [-0.2, -0.15) is 0 Å². The molecule has 0 aliphatic carbocycles. The van der Waals surface area contributed by atoms with Crippen molar-refractivity contribution in [2.75, 3.05) is 19.7 Å². The average molecular weight is 289 g/mol. The molecule has 0 N–H and O–H groups in total. The molecule has 1 unspecified atom stereocenters. The number of benzene rings is 1. The molecule has 0 amide bonds. The van der Waals surface area contributed by atoms with Gasteiger partial charge in [-0.25, -0.2) is 4.79 Å². The molecule has 21 heavy (non-hydrogen) atoms. The van der Waals surface area contributed by atoms with E-state index >= 15 is 0 Å². The van der Waals surface area contributed by atoms with Gasteiger partial charge in [0.25, 0.3) is 5.78 Å². The second-order valence-electron chi connectivity index (χ2n) is 5.07. The van der Waals surface area contributed by atoms with Crippen LogP contribution in [0.2, 0.25) is 0 Å². The van der Waals surface area contributed by atoms with E-state index < -0.39 is 17.7 Å². The zero-order valence-corrected chi connectivity index (χ0v) is 12.1. The first kappa shape index (κ1) is 15.4. The quantitative estimate of drug-likeness (QED) is 0.463. The third-order valence-electron chi connectivity index (χ3n) is 3.55. The minimum atomic E-state index is -0.905. The number of ketones is 2. The third kappa shape index (κ3) is 3.98. The Kier molecular flexibility index (Phi) is 5.22. The van der Waals surface area contributed by atoms with Gasteiger partial charge < -0.3 is 4.74 Å². The summed E-state index contributed by atoms with van der Waals surface area (Å²) >= 11 is 0. The first-order valence-corrected chi connectivity index (χ1v) is 7.11. The lowest BCUT2D eigenvalue weighted by Gasteiger charge is -2.30. The molecular weight excluding hydrogens is 270 g/mol. The molecule has 1 aromatic carbocycles. The number of hydrogen-bond donors (Lipinski definition) is 0. The molecule has 5 nitrogen and oxygen atoms in total. The zero-order valence-electron chi connectivity index (χ0n) is 12.1. The lowest BCUT2D eigenvalue weighted by molar-refractivity contribution is -0.157. The van der Waals surface area contributed by atoms with Crippen molar-refractivity contribution in [2.45, 2.75) is 19.9 Å². The van der Waals surface area contributed by atoms with Crippen molar-refractivity contribution in [1.29, 1.82) is 0 Å². The van der Waals surface area contributed by atoms with Crippen LogP contribution in [0, 0.1) is 5.92 Å². The second-order valence-corrected chi connectivity index (χ2v) is 5.07. The van der Waals surface area contributed by atoms with Crippen molar-refractivity contribution in [3.05, 3.63) is 35.9 Å².